The number of furan rings is 1. The first-order valence-electron chi connectivity index (χ1n) is 10.1. The molecule has 0 fully saturated rings. The van der Waals surface area contributed by atoms with E-state index in [0.717, 1.165) is 11.1 Å². The Balaban J connectivity index is 2.00. The van der Waals surface area contributed by atoms with Gasteiger partial charge in [0.05, 0.1) is 14.2 Å². The Labute approximate surface area is 186 Å². The van der Waals surface area contributed by atoms with Crippen LogP contribution in [0.1, 0.15) is 48.8 Å². The molecule has 0 N–H and O–H groups in total. The van der Waals surface area contributed by atoms with Crippen molar-refractivity contribution in [2.75, 3.05) is 26.2 Å². The van der Waals surface area contributed by atoms with E-state index in [9.17, 15) is 14.4 Å². The van der Waals surface area contributed by atoms with Crippen molar-refractivity contribution in [3.8, 4) is 0 Å². The fourth-order valence-corrected chi connectivity index (χ4v) is 3.42. The van der Waals surface area contributed by atoms with Crippen LogP contribution >= 0.6 is 0 Å². The molecule has 7 nitrogen and oxygen atoms in total. The summed E-state index contributed by atoms with van der Waals surface area (Å²) >= 11 is 0. The predicted octanol–water partition coefficient (Wildman–Crippen LogP) is 4.30. The molecule has 0 saturated heterocycles. The van der Waals surface area contributed by atoms with E-state index in [4.69, 9.17) is 13.9 Å². The molecule has 0 aliphatic rings. The number of Topliss-reactive ketones (excluding diaryl/α,β-unsaturated/α-hetero) is 1. The van der Waals surface area contributed by atoms with Crippen LogP contribution in [-0.2, 0) is 22.4 Å². The molecule has 0 bridgehead atoms. The largest absolute Gasteiger partial charge is 0.465 e. The summed E-state index contributed by atoms with van der Waals surface area (Å²) in [7, 11) is 4.09. The van der Waals surface area contributed by atoms with Crippen LogP contribution in [-0.4, -0.2) is 39.0 Å². The molecule has 0 spiro atoms. The summed E-state index contributed by atoms with van der Waals surface area (Å²) in [4.78, 5) is 39.9. The average molecular weight is 435 g/mol. The monoisotopic (exact) mass is 435 g/mol. The minimum atomic E-state index is -0.837. The third-order valence-electron chi connectivity index (χ3n) is 5.01. The van der Waals surface area contributed by atoms with E-state index in [1.54, 1.807) is 11.9 Å². The molecule has 32 heavy (non-hydrogen) atoms. The molecule has 7 heteroatoms. The average Bonchev–Trinajstić information content (AvgIpc) is 3.24. The number of rotatable bonds is 9. The van der Waals surface area contributed by atoms with E-state index < -0.39 is 17.7 Å². The third kappa shape index (κ3) is 5.06. The molecule has 2 aromatic carbocycles. The zero-order valence-electron chi connectivity index (χ0n) is 18.3. The summed E-state index contributed by atoms with van der Waals surface area (Å²) in [5, 5.41) is 0. The normalized spacial score (nSPS) is 10.5. The predicted molar refractivity (Wildman–Crippen MR) is 119 cm³/mol. The van der Waals surface area contributed by atoms with Crippen LogP contribution in [0.4, 0.5) is 5.88 Å². The molecule has 166 valence electrons. The lowest BCUT2D eigenvalue weighted by atomic mass is 10.0. The molecule has 0 saturated carbocycles. The van der Waals surface area contributed by atoms with E-state index >= 15 is 0 Å². The topological polar surface area (TPSA) is 86.1 Å². The Morgan fingerprint density at radius 1 is 0.812 bits per heavy atom. The number of carbonyl (C=O) groups excluding carboxylic acids is 3. The number of ketones is 1. The lowest BCUT2D eigenvalue weighted by molar-refractivity contribution is 0.0555. The summed E-state index contributed by atoms with van der Waals surface area (Å²) in [5.41, 5.74) is 1.59. The van der Waals surface area contributed by atoms with Crippen LogP contribution in [0.3, 0.4) is 0 Å². The maximum atomic E-state index is 13.0. The molecule has 1 heterocycles. The van der Waals surface area contributed by atoms with Gasteiger partial charge < -0.3 is 18.8 Å². The van der Waals surface area contributed by atoms with Crippen molar-refractivity contribution in [1.29, 1.82) is 0 Å². The van der Waals surface area contributed by atoms with Gasteiger partial charge >= 0.3 is 11.9 Å². The van der Waals surface area contributed by atoms with E-state index in [1.165, 1.54) is 14.2 Å². The van der Waals surface area contributed by atoms with Gasteiger partial charge in [-0.25, -0.2) is 9.59 Å². The first-order chi connectivity index (χ1) is 15.5. The minimum Gasteiger partial charge on any atom is -0.465 e. The van der Waals surface area contributed by atoms with Crippen LogP contribution in [0.2, 0.25) is 0 Å². The Kier molecular flexibility index (Phi) is 7.44. The molecule has 0 amide bonds. The molecule has 0 radical (unpaired) electrons. The number of hydrogen-bond acceptors (Lipinski definition) is 7. The van der Waals surface area contributed by atoms with Crippen molar-refractivity contribution in [2.24, 2.45) is 0 Å². The Morgan fingerprint density at radius 2 is 1.34 bits per heavy atom. The highest BCUT2D eigenvalue weighted by Crippen LogP contribution is 2.33. The quantitative estimate of drug-likeness (QED) is 0.366. The van der Waals surface area contributed by atoms with Crippen LogP contribution in [0.15, 0.2) is 65.1 Å². The fourth-order valence-electron chi connectivity index (χ4n) is 3.42. The lowest BCUT2D eigenvalue weighted by Crippen LogP contribution is -2.20. The highest BCUT2D eigenvalue weighted by Gasteiger charge is 2.35. The number of nitrogens with zero attached hydrogens (tertiary/aromatic N) is 1. The Hall–Kier alpha value is -3.87. The number of esters is 2. The van der Waals surface area contributed by atoms with Crippen LogP contribution in [0, 0.1) is 0 Å². The maximum absolute atomic E-state index is 13.0. The van der Waals surface area contributed by atoms with Crippen LogP contribution in [0.5, 0.6) is 0 Å². The number of benzene rings is 2. The molecule has 3 aromatic rings. The number of methoxy groups -OCH3 is 2. The Bertz CT molecular complexity index is 1090. The fraction of sp³-hybridized carbons (Fsp3) is 0.240. The number of anilines is 1. The Morgan fingerprint density at radius 3 is 1.91 bits per heavy atom. The molecule has 0 atom stereocenters. The van der Waals surface area contributed by atoms with Gasteiger partial charge in [0.2, 0.25) is 5.88 Å². The van der Waals surface area contributed by atoms with Crippen molar-refractivity contribution in [3.05, 3.63) is 88.7 Å². The van der Waals surface area contributed by atoms with Gasteiger partial charge in [-0.3, -0.25) is 4.79 Å². The second-order valence-electron chi connectivity index (χ2n) is 7.22. The second-order valence-corrected chi connectivity index (χ2v) is 7.22. The van der Waals surface area contributed by atoms with E-state index in [0.29, 0.717) is 13.0 Å². The van der Waals surface area contributed by atoms with Crippen molar-refractivity contribution >= 4 is 23.6 Å². The summed E-state index contributed by atoms with van der Waals surface area (Å²) in [6, 6.07) is 19.0. The second kappa shape index (κ2) is 10.4. The summed E-state index contributed by atoms with van der Waals surface area (Å²) in [5.74, 6) is -2.16. The molecule has 0 aliphatic heterocycles. The zero-order chi connectivity index (χ0) is 23.1. The molecular formula is C25H25NO6. The maximum Gasteiger partial charge on any atom is 0.344 e. The summed E-state index contributed by atoms with van der Waals surface area (Å²) in [6.07, 6.45) is 0.563. The molecular weight excluding hydrogens is 410 g/mol. The summed E-state index contributed by atoms with van der Waals surface area (Å²) in [6.45, 7) is 0.386. The lowest BCUT2D eigenvalue weighted by Gasteiger charge is -2.17. The number of carbonyl (C=O) groups is 3. The smallest absolute Gasteiger partial charge is 0.344 e. The number of aryl methyl sites for hydroxylation is 1. The number of hydrogen-bond donors (Lipinski definition) is 0. The third-order valence-corrected chi connectivity index (χ3v) is 5.01. The van der Waals surface area contributed by atoms with Crippen molar-refractivity contribution in [3.63, 3.8) is 0 Å². The van der Waals surface area contributed by atoms with Crippen molar-refractivity contribution in [2.45, 2.75) is 19.4 Å². The first kappa shape index (κ1) is 22.8. The first-order valence-corrected chi connectivity index (χ1v) is 10.1. The van der Waals surface area contributed by atoms with Gasteiger partial charge in [-0.1, -0.05) is 60.7 Å². The SMILES string of the molecule is COC(=O)c1c(C(=O)CCc2ccccc2)oc(N(C)Cc2ccccc2)c1C(=O)OC. The molecule has 3 rings (SSSR count). The van der Waals surface area contributed by atoms with Gasteiger partial charge in [0, 0.05) is 20.0 Å². The molecule has 0 aliphatic carbocycles. The summed E-state index contributed by atoms with van der Waals surface area (Å²) < 4.78 is 15.6. The molecule has 1 aromatic heterocycles. The van der Waals surface area contributed by atoms with E-state index in [1.807, 2.05) is 60.7 Å². The van der Waals surface area contributed by atoms with Crippen molar-refractivity contribution < 1.29 is 28.3 Å². The van der Waals surface area contributed by atoms with E-state index in [-0.39, 0.29) is 29.2 Å². The number of ether oxygens (including phenoxy) is 2. The van der Waals surface area contributed by atoms with Gasteiger partial charge in [-0.05, 0) is 17.5 Å². The van der Waals surface area contributed by atoms with Crippen molar-refractivity contribution in [1.82, 2.24) is 0 Å². The standard InChI is InChI=1S/C25H25NO6/c1-26(16-18-12-8-5-9-13-18)23-21(25(29)31-3)20(24(28)30-2)22(32-23)19(27)15-14-17-10-6-4-7-11-17/h4-13H,14-16H2,1-3H3. The minimum absolute atomic E-state index is 0.0733. The van der Waals surface area contributed by atoms with Gasteiger partial charge in [-0.2, -0.15) is 0 Å². The van der Waals surface area contributed by atoms with Gasteiger partial charge in [0.1, 0.15) is 11.1 Å². The molecule has 0 unspecified atom stereocenters. The van der Waals surface area contributed by atoms with Crippen LogP contribution < -0.4 is 4.90 Å². The van der Waals surface area contributed by atoms with Gasteiger partial charge in [0.15, 0.2) is 11.5 Å². The van der Waals surface area contributed by atoms with Gasteiger partial charge in [0.25, 0.3) is 0 Å². The van der Waals surface area contributed by atoms with Crippen LogP contribution in [0.25, 0.3) is 0 Å². The van der Waals surface area contributed by atoms with Gasteiger partial charge in [-0.15, -0.1) is 0 Å². The highest BCUT2D eigenvalue weighted by atomic mass is 16.5. The highest BCUT2D eigenvalue weighted by molar-refractivity contribution is 6.13. The zero-order valence-corrected chi connectivity index (χ0v) is 18.3. The van der Waals surface area contributed by atoms with E-state index in [2.05, 4.69) is 0 Å².